The Hall–Kier alpha value is -1.27. The molecular formula is C57H114O26S. The Balaban J connectivity index is 3.22. The lowest BCUT2D eigenvalue weighted by Gasteiger charge is -2.18. The molecule has 0 saturated heterocycles. The van der Waals surface area contributed by atoms with E-state index < -0.39 is 10.4 Å². The van der Waals surface area contributed by atoms with Crippen LogP contribution in [0.1, 0.15) is 64.7 Å². The van der Waals surface area contributed by atoms with Crippen molar-refractivity contribution in [1.82, 2.24) is 0 Å². The smallest absolute Gasteiger partial charge is 0.379 e. The van der Waals surface area contributed by atoms with E-state index in [1.165, 1.54) is 51.4 Å². The first kappa shape index (κ1) is 82.7. The highest BCUT2D eigenvalue weighted by atomic mass is 32.3. The van der Waals surface area contributed by atoms with Gasteiger partial charge in [0, 0.05) is 6.61 Å². The molecule has 1 N–H and O–H groups in total. The lowest BCUT2D eigenvalue weighted by Crippen LogP contribution is -2.28. The first-order valence-electron chi connectivity index (χ1n) is 30.5. The summed E-state index contributed by atoms with van der Waals surface area (Å²) >= 11 is 0. The Kier molecular flexibility index (Phi) is 73.1. The zero-order valence-corrected chi connectivity index (χ0v) is 52.2. The van der Waals surface area contributed by atoms with E-state index in [2.05, 4.69) is 17.7 Å². The molecule has 0 rings (SSSR count). The van der Waals surface area contributed by atoms with E-state index in [0.717, 1.165) is 13.0 Å². The van der Waals surface area contributed by atoms with Crippen molar-refractivity contribution in [3.05, 3.63) is 12.7 Å². The maximum absolute atomic E-state index is 10.4. The van der Waals surface area contributed by atoms with Crippen molar-refractivity contribution < 1.29 is 121 Å². The van der Waals surface area contributed by atoms with Gasteiger partial charge in [0.05, 0.1) is 284 Å². The molecule has 0 aromatic rings. The van der Waals surface area contributed by atoms with Crippen LogP contribution in [0, 0.1) is 0 Å². The molecular weight excluding hydrogens is 1130 g/mol. The van der Waals surface area contributed by atoms with E-state index >= 15 is 0 Å². The Labute approximate surface area is 504 Å². The Morgan fingerprint density at radius 1 is 0.286 bits per heavy atom. The summed E-state index contributed by atoms with van der Waals surface area (Å²) in [7, 11) is -4.44. The van der Waals surface area contributed by atoms with Crippen molar-refractivity contribution in [2.75, 3.05) is 291 Å². The Morgan fingerprint density at radius 2 is 0.500 bits per heavy atom. The summed E-state index contributed by atoms with van der Waals surface area (Å²) in [5.74, 6) is 0. The molecule has 0 aromatic carbocycles. The van der Waals surface area contributed by atoms with Gasteiger partial charge in [-0.2, -0.15) is 8.42 Å². The fourth-order valence-electron chi connectivity index (χ4n) is 6.69. The number of rotatable bonds is 78. The molecule has 0 aliphatic heterocycles. The van der Waals surface area contributed by atoms with Crippen LogP contribution in [0.2, 0.25) is 0 Å². The van der Waals surface area contributed by atoms with Crippen LogP contribution in [-0.2, 0) is 119 Å². The summed E-state index contributed by atoms with van der Waals surface area (Å²) in [4.78, 5) is 0. The quantitative estimate of drug-likeness (QED) is 0.0506. The average Bonchev–Trinajstić information content (AvgIpc) is 3.48. The lowest BCUT2D eigenvalue weighted by molar-refractivity contribution is -0.0738. The SMILES string of the molecule is C=CCOCC(COCCCCCCCCCCC)OCCOCCOCCOCCOCCOCCOCCOCCOCCOCCOCCOCCOCCOCCOCCOCCOCCOCCOCCOCCOS(=O)(=O)O. The first-order valence-corrected chi connectivity index (χ1v) is 31.8. The largest absolute Gasteiger partial charge is 0.397 e. The van der Waals surface area contributed by atoms with Crippen LogP contribution in [-0.4, -0.2) is 310 Å². The number of unbranched alkanes of at least 4 members (excludes halogenated alkanes) is 8. The van der Waals surface area contributed by atoms with Crippen LogP contribution in [0.25, 0.3) is 0 Å². The van der Waals surface area contributed by atoms with Gasteiger partial charge in [0.2, 0.25) is 0 Å². The molecule has 27 heteroatoms. The molecule has 0 radical (unpaired) electrons. The summed E-state index contributed by atoms with van der Waals surface area (Å²) in [6, 6.07) is 0. The van der Waals surface area contributed by atoms with E-state index in [4.69, 9.17) is 109 Å². The van der Waals surface area contributed by atoms with Crippen molar-refractivity contribution in [1.29, 1.82) is 0 Å². The fraction of sp³-hybridized carbons (Fsp3) is 0.965. The van der Waals surface area contributed by atoms with Gasteiger partial charge in [0.1, 0.15) is 6.10 Å². The molecule has 84 heavy (non-hydrogen) atoms. The van der Waals surface area contributed by atoms with Crippen LogP contribution in [0.5, 0.6) is 0 Å². The lowest BCUT2D eigenvalue weighted by atomic mass is 10.1. The standard InChI is InChI=1S/C57H114O26S/c1-3-5-6-7-8-9-10-11-12-14-81-56-57(55-80-13-4-2)82-53-51-78-49-47-76-45-43-74-41-39-72-37-35-70-33-31-68-29-27-66-25-23-64-21-19-62-17-15-61-16-18-63-20-22-65-24-26-67-28-30-69-32-34-71-36-38-73-40-42-75-44-46-77-48-50-79-52-54-83-84(58,59)60/h4,57H,2-3,5-56H2,1H3,(H,58,59,60). The minimum absolute atomic E-state index is 0.0228. The van der Waals surface area contributed by atoms with E-state index in [0.29, 0.717) is 264 Å². The monoisotopic (exact) mass is 1250 g/mol. The number of hydrogen-bond acceptors (Lipinski definition) is 25. The van der Waals surface area contributed by atoms with Crippen LogP contribution < -0.4 is 0 Å². The van der Waals surface area contributed by atoms with Gasteiger partial charge in [-0.05, 0) is 6.42 Å². The van der Waals surface area contributed by atoms with Crippen LogP contribution in [0.15, 0.2) is 12.7 Å². The molecule has 504 valence electrons. The van der Waals surface area contributed by atoms with Crippen LogP contribution in [0.4, 0.5) is 0 Å². The maximum atomic E-state index is 10.4. The van der Waals surface area contributed by atoms with Crippen molar-refractivity contribution in [3.8, 4) is 0 Å². The highest BCUT2D eigenvalue weighted by molar-refractivity contribution is 7.80. The summed E-state index contributed by atoms with van der Waals surface area (Å²) < 4.78 is 155. The van der Waals surface area contributed by atoms with E-state index in [1.807, 2.05) is 0 Å². The normalized spacial score (nSPS) is 12.3. The minimum Gasteiger partial charge on any atom is -0.379 e. The molecule has 0 amide bonds. The van der Waals surface area contributed by atoms with Crippen LogP contribution >= 0.6 is 0 Å². The van der Waals surface area contributed by atoms with E-state index in [1.54, 1.807) is 6.08 Å². The average molecular weight is 1250 g/mol. The van der Waals surface area contributed by atoms with Crippen molar-refractivity contribution in [3.63, 3.8) is 0 Å². The molecule has 0 saturated carbocycles. The van der Waals surface area contributed by atoms with Gasteiger partial charge in [0.25, 0.3) is 0 Å². The third-order valence-corrected chi connectivity index (χ3v) is 11.4. The predicted octanol–water partition coefficient (Wildman–Crippen LogP) is 4.26. The summed E-state index contributed by atoms with van der Waals surface area (Å²) in [5, 5.41) is 0. The second-order valence-electron chi connectivity index (χ2n) is 18.1. The number of hydrogen-bond donors (Lipinski definition) is 1. The highest BCUT2D eigenvalue weighted by Crippen LogP contribution is 2.10. The van der Waals surface area contributed by atoms with E-state index in [9.17, 15) is 8.42 Å². The first-order chi connectivity index (χ1) is 41.5. The van der Waals surface area contributed by atoms with Gasteiger partial charge in [-0.15, -0.1) is 6.58 Å². The van der Waals surface area contributed by atoms with Gasteiger partial charge in [0.15, 0.2) is 0 Å². The summed E-state index contributed by atoms with van der Waals surface area (Å²) in [5.41, 5.74) is 0. The summed E-state index contributed by atoms with van der Waals surface area (Å²) in [6.07, 6.45) is 13.2. The molecule has 0 heterocycles. The second kappa shape index (κ2) is 74.2. The zero-order valence-electron chi connectivity index (χ0n) is 51.4. The van der Waals surface area contributed by atoms with Crippen molar-refractivity contribution in [2.24, 2.45) is 0 Å². The zero-order chi connectivity index (χ0) is 60.5. The van der Waals surface area contributed by atoms with Crippen molar-refractivity contribution >= 4 is 10.4 Å². The van der Waals surface area contributed by atoms with Gasteiger partial charge < -0.3 is 104 Å². The third-order valence-electron chi connectivity index (χ3n) is 11.0. The Morgan fingerprint density at radius 3 is 0.738 bits per heavy atom. The molecule has 0 fully saturated rings. The van der Waals surface area contributed by atoms with E-state index in [-0.39, 0.29) is 25.9 Å². The maximum Gasteiger partial charge on any atom is 0.397 e. The summed E-state index contributed by atoms with van der Waals surface area (Å²) in [6.45, 7) is 25.4. The Bertz CT molecular complexity index is 1330. The molecule has 0 bridgehead atoms. The molecule has 0 aromatic heterocycles. The second-order valence-corrected chi connectivity index (χ2v) is 19.2. The van der Waals surface area contributed by atoms with Gasteiger partial charge in [-0.3, -0.25) is 4.55 Å². The number of ether oxygens (including phenoxy) is 22. The van der Waals surface area contributed by atoms with Gasteiger partial charge >= 0.3 is 10.4 Å². The molecule has 0 aliphatic carbocycles. The fourth-order valence-corrected chi connectivity index (χ4v) is 6.97. The highest BCUT2D eigenvalue weighted by Gasteiger charge is 2.10. The third kappa shape index (κ3) is 76.8. The molecule has 0 aliphatic rings. The minimum atomic E-state index is -4.44. The predicted molar refractivity (Wildman–Crippen MR) is 312 cm³/mol. The van der Waals surface area contributed by atoms with Gasteiger partial charge in [-0.25, -0.2) is 4.18 Å². The van der Waals surface area contributed by atoms with Crippen LogP contribution in [0.3, 0.4) is 0 Å². The topological polar surface area (TPSA) is 267 Å². The molecule has 1 unspecified atom stereocenters. The molecule has 1 atom stereocenters. The molecule has 0 spiro atoms. The van der Waals surface area contributed by atoms with Gasteiger partial charge in [-0.1, -0.05) is 64.4 Å². The van der Waals surface area contributed by atoms with Crippen molar-refractivity contribution in [2.45, 2.75) is 70.8 Å². The molecule has 26 nitrogen and oxygen atoms in total.